The number of anilines is 1. The maximum absolute atomic E-state index is 13.5. The number of aliphatic hydroxyl groups excluding tert-OH is 1. The second-order valence-corrected chi connectivity index (χ2v) is 7.88. The number of non-ortho nitro benzene ring substituents is 1. The van der Waals surface area contributed by atoms with Crippen molar-refractivity contribution in [1.82, 2.24) is 9.80 Å². The summed E-state index contributed by atoms with van der Waals surface area (Å²) in [6.07, 6.45) is 0. The minimum atomic E-state index is -0.523. The number of imide groups is 1. The number of benzene rings is 2. The van der Waals surface area contributed by atoms with Crippen molar-refractivity contribution in [3.05, 3.63) is 74.9 Å². The van der Waals surface area contributed by atoms with E-state index in [-0.39, 0.29) is 34.3 Å². The van der Waals surface area contributed by atoms with Crippen LogP contribution in [0.5, 0.6) is 0 Å². The molecule has 32 heavy (non-hydrogen) atoms. The Hall–Kier alpha value is -3.27. The van der Waals surface area contributed by atoms with Crippen molar-refractivity contribution in [2.75, 3.05) is 44.2 Å². The molecule has 0 radical (unpaired) electrons. The normalized spacial score (nSPS) is 17.4. The Bertz CT molecular complexity index is 1090. The maximum Gasteiger partial charge on any atom is 0.282 e. The van der Waals surface area contributed by atoms with Crippen LogP contribution in [-0.2, 0) is 9.59 Å². The monoisotopic (exact) mass is 456 g/mol. The zero-order valence-electron chi connectivity index (χ0n) is 17.1. The molecule has 0 spiro atoms. The van der Waals surface area contributed by atoms with Gasteiger partial charge in [0.2, 0.25) is 0 Å². The van der Waals surface area contributed by atoms with E-state index >= 15 is 0 Å². The van der Waals surface area contributed by atoms with Gasteiger partial charge in [-0.15, -0.1) is 0 Å². The second kappa shape index (κ2) is 9.07. The predicted octanol–water partition coefficient (Wildman–Crippen LogP) is 2.14. The van der Waals surface area contributed by atoms with Gasteiger partial charge < -0.3 is 10.0 Å². The SMILES string of the molecule is O=C1C(c2ccc([N+](=O)[O-])cc2)=C(N2CCN(CCO)CC2)C(=O)N1c1ccccc1Cl. The molecular formula is C22H21ClN4O5. The molecule has 2 aliphatic heterocycles. The van der Waals surface area contributed by atoms with E-state index in [2.05, 4.69) is 4.90 Å². The quantitative estimate of drug-likeness (QED) is 0.403. The smallest absolute Gasteiger partial charge is 0.282 e. The first kappa shape index (κ1) is 21.9. The molecule has 1 N–H and O–H groups in total. The van der Waals surface area contributed by atoms with E-state index in [0.29, 0.717) is 38.3 Å². The van der Waals surface area contributed by atoms with Crippen LogP contribution in [0.15, 0.2) is 54.2 Å². The Morgan fingerprint density at radius 1 is 0.969 bits per heavy atom. The lowest BCUT2D eigenvalue weighted by Crippen LogP contribution is -2.48. The van der Waals surface area contributed by atoms with Crippen LogP contribution in [0.3, 0.4) is 0 Å². The van der Waals surface area contributed by atoms with E-state index in [0.717, 1.165) is 4.90 Å². The van der Waals surface area contributed by atoms with Crippen LogP contribution < -0.4 is 4.90 Å². The summed E-state index contributed by atoms with van der Waals surface area (Å²) in [7, 11) is 0. The number of carbonyl (C=O) groups is 2. The number of β-amino-alcohol motifs (C(OH)–C–C–N with tert-alkyl or cyclic N) is 1. The van der Waals surface area contributed by atoms with Gasteiger partial charge in [-0.1, -0.05) is 23.7 Å². The number of aliphatic hydroxyl groups is 1. The van der Waals surface area contributed by atoms with Crippen molar-refractivity contribution in [3.63, 3.8) is 0 Å². The number of rotatable bonds is 6. The molecule has 2 heterocycles. The topological polar surface area (TPSA) is 107 Å². The molecule has 0 bridgehead atoms. The van der Waals surface area contributed by atoms with Crippen LogP contribution in [0.2, 0.25) is 5.02 Å². The van der Waals surface area contributed by atoms with Gasteiger partial charge in [0, 0.05) is 44.9 Å². The van der Waals surface area contributed by atoms with Crippen LogP contribution in [0.4, 0.5) is 11.4 Å². The van der Waals surface area contributed by atoms with E-state index in [9.17, 15) is 24.8 Å². The highest BCUT2D eigenvalue weighted by atomic mass is 35.5. The lowest BCUT2D eigenvalue weighted by Gasteiger charge is -2.36. The molecule has 2 aliphatic rings. The first-order chi connectivity index (χ1) is 15.4. The third-order valence-electron chi connectivity index (χ3n) is 5.62. The van der Waals surface area contributed by atoms with Crippen LogP contribution in [0, 0.1) is 10.1 Å². The van der Waals surface area contributed by atoms with Crippen molar-refractivity contribution >= 4 is 40.4 Å². The second-order valence-electron chi connectivity index (χ2n) is 7.48. The van der Waals surface area contributed by atoms with Crippen LogP contribution in [-0.4, -0.2) is 71.0 Å². The Labute approximate surface area is 189 Å². The van der Waals surface area contributed by atoms with Gasteiger partial charge in [0.05, 0.1) is 27.8 Å². The highest BCUT2D eigenvalue weighted by Crippen LogP contribution is 2.38. The molecule has 166 valence electrons. The van der Waals surface area contributed by atoms with E-state index in [1.54, 1.807) is 24.3 Å². The first-order valence-corrected chi connectivity index (χ1v) is 10.5. The first-order valence-electron chi connectivity index (χ1n) is 10.1. The lowest BCUT2D eigenvalue weighted by molar-refractivity contribution is -0.384. The summed E-state index contributed by atoms with van der Waals surface area (Å²) in [6, 6.07) is 12.2. The van der Waals surface area contributed by atoms with Crippen molar-refractivity contribution in [3.8, 4) is 0 Å². The molecule has 9 nitrogen and oxygen atoms in total. The molecule has 10 heteroatoms. The van der Waals surface area contributed by atoms with E-state index in [1.807, 2.05) is 4.90 Å². The molecule has 4 rings (SSSR count). The average Bonchev–Trinajstić information content (AvgIpc) is 3.05. The summed E-state index contributed by atoms with van der Waals surface area (Å²) in [5, 5.41) is 20.5. The summed E-state index contributed by atoms with van der Waals surface area (Å²) >= 11 is 6.29. The van der Waals surface area contributed by atoms with Gasteiger partial charge in [-0.3, -0.25) is 24.6 Å². The highest BCUT2D eigenvalue weighted by Gasteiger charge is 2.43. The molecule has 0 aromatic heterocycles. The van der Waals surface area contributed by atoms with Gasteiger partial charge >= 0.3 is 0 Å². The third-order valence-corrected chi connectivity index (χ3v) is 5.94. The zero-order valence-corrected chi connectivity index (χ0v) is 17.9. The fraction of sp³-hybridized carbons (Fsp3) is 0.273. The number of nitrogens with zero attached hydrogens (tertiary/aromatic N) is 4. The molecule has 2 aromatic carbocycles. The summed E-state index contributed by atoms with van der Waals surface area (Å²) in [5.74, 6) is -1.00. The van der Waals surface area contributed by atoms with Gasteiger partial charge in [-0.2, -0.15) is 0 Å². The van der Waals surface area contributed by atoms with Gasteiger partial charge in [0.25, 0.3) is 17.5 Å². The van der Waals surface area contributed by atoms with Gasteiger partial charge in [0.1, 0.15) is 5.70 Å². The van der Waals surface area contributed by atoms with E-state index < -0.39 is 16.7 Å². The van der Waals surface area contributed by atoms with Crippen LogP contribution >= 0.6 is 11.6 Å². The molecule has 0 aliphatic carbocycles. The Morgan fingerprint density at radius 3 is 2.22 bits per heavy atom. The number of piperazine rings is 1. The number of para-hydroxylation sites is 1. The minimum absolute atomic E-state index is 0.0500. The van der Waals surface area contributed by atoms with Crippen molar-refractivity contribution in [1.29, 1.82) is 0 Å². The molecule has 1 fully saturated rings. The predicted molar refractivity (Wildman–Crippen MR) is 119 cm³/mol. The fourth-order valence-corrected chi connectivity index (χ4v) is 4.23. The Kier molecular flexibility index (Phi) is 6.22. The van der Waals surface area contributed by atoms with Crippen molar-refractivity contribution < 1.29 is 19.6 Å². The number of carbonyl (C=O) groups excluding carboxylic acids is 2. The Morgan fingerprint density at radius 2 is 1.62 bits per heavy atom. The zero-order chi connectivity index (χ0) is 22.8. The summed E-state index contributed by atoms with van der Waals surface area (Å²) in [5.41, 5.74) is 1.06. The number of nitro benzene ring substituents is 1. The molecule has 0 atom stereocenters. The molecule has 1 saturated heterocycles. The van der Waals surface area contributed by atoms with E-state index in [1.165, 1.54) is 24.3 Å². The third kappa shape index (κ3) is 3.97. The van der Waals surface area contributed by atoms with E-state index in [4.69, 9.17) is 11.6 Å². The molecule has 0 unspecified atom stereocenters. The number of hydrogen-bond donors (Lipinski definition) is 1. The van der Waals surface area contributed by atoms with Crippen molar-refractivity contribution in [2.45, 2.75) is 0 Å². The highest BCUT2D eigenvalue weighted by molar-refractivity contribution is 6.47. The molecular weight excluding hydrogens is 436 g/mol. The number of nitro groups is 1. The van der Waals surface area contributed by atoms with Crippen molar-refractivity contribution in [2.24, 2.45) is 0 Å². The van der Waals surface area contributed by atoms with Gasteiger partial charge in [-0.25, -0.2) is 4.90 Å². The number of amides is 2. The van der Waals surface area contributed by atoms with Gasteiger partial charge in [-0.05, 0) is 29.8 Å². The largest absolute Gasteiger partial charge is 0.395 e. The van der Waals surface area contributed by atoms with Crippen LogP contribution in [0.1, 0.15) is 5.56 Å². The van der Waals surface area contributed by atoms with Gasteiger partial charge in [0.15, 0.2) is 0 Å². The number of hydrogen-bond acceptors (Lipinski definition) is 7. The average molecular weight is 457 g/mol. The fourth-order valence-electron chi connectivity index (χ4n) is 4.01. The lowest BCUT2D eigenvalue weighted by atomic mass is 10.0. The molecule has 2 aromatic rings. The molecule has 0 saturated carbocycles. The molecule has 2 amide bonds. The summed E-state index contributed by atoms with van der Waals surface area (Å²) < 4.78 is 0. The summed E-state index contributed by atoms with van der Waals surface area (Å²) in [6.45, 7) is 2.86. The summed E-state index contributed by atoms with van der Waals surface area (Å²) in [4.78, 5) is 42.5. The minimum Gasteiger partial charge on any atom is -0.395 e. The van der Waals surface area contributed by atoms with Crippen LogP contribution in [0.25, 0.3) is 5.57 Å². The number of halogens is 1. The maximum atomic E-state index is 13.5. The Balaban J connectivity index is 1.76. The standard InChI is InChI=1S/C22H21ClN4O5/c23-17-3-1-2-4-18(17)26-21(29)19(15-5-7-16(8-6-15)27(31)32)20(22(26)30)25-11-9-24(10-12-25)13-14-28/h1-8,28H,9-14H2.